The minimum Gasteiger partial charge on any atom is -0.214 e. The summed E-state index contributed by atoms with van der Waals surface area (Å²) in [4.78, 5) is 0. The molecule has 0 atom stereocenters. The van der Waals surface area contributed by atoms with Crippen molar-refractivity contribution in [3.05, 3.63) is 0 Å². The average molecular weight is 294 g/mol. The van der Waals surface area contributed by atoms with E-state index in [1.165, 1.54) is 19.3 Å². The molecule has 3 nitrogen and oxygen atoms in total. The Morgan fingerprint density at radius 2 is 1.67 bits per heavy atom. The molecule has 0 aromatic heterocycles. The molecule has 0 unspecified atom stereocenters. The lowest BCUT2D eigenvalue weighted by molar-refractivity contribution is 0.340. The van der Waals surface area contributed by atoms with Crippen molar-refractivity contribution in [1.82, 2.24) is 4.72 Å². The van der Waals surface area contributed by atoms with Crippen molar-refractivity contribution in [2.24, 2.45) is 5.41 Å². The summed E-state index contributed by atoms with van der Waals surface area (Å²) < 4.78 is 27.3. The summed E-state index contributed by atoms with van der Waals surface area (Å²) in [5.74, 6) is 0.570. The van der Waals surface area contributed by atoms with Gasteiger partial charge in [0.05, 0.1) is 5.25 Å². The third-order valence-electron chi connectivity index (χ3n) is 4.59. The average Bonchev–Trinajstić information content (AvgIpc) is 2.87. The van der Waals surface area contributed by atoms with Crippen molar-refractivity contribution < 1.29 is 8.42 Å². The second-order valence-corrected chi connectivity index (χ2v) is 8.28. The Hall–Kier alpha value is 0.200. The monoisotopic (exact) mass is 293 g/mol. The number of alkyl halides is 1. The molecular weight excluding hydrogens is 270 g/mol. The first-order chi connectivity index (χ1) is 8.58. The van der Waals surface area contributed by atoms with Gasteiger partial charge in [0.2, 0.25) is 10.0 Å². The molecule has 0 heterocycles. The fourth-order valence-corrected chi connectivity index (χ4v) is 5.29. The van der Waals surface area contributed by atoms with Crippen molar-refractivity contribution in [3.8, 4) is 0 Å². The van der Waals surface area contributed by atoms with Crippen LogP contribution in [0.3, 0.4) is 0 Å². The van der Waals surface area contributed by atoms with E-state index in [-0.39, 0.29) is 10.7 Å². The van der Waals surface area contributed by atoms with Gasteiger partial charge in [-0.05, 0) is 31.1 Å². The Morgan fingerprint density at radius 1 is 1.06 bits per heavy atom. The quantitative estimate of drug-likeness (QED) is 0.792. The summed E-state index contributed by atoms with van der Waals surface area (Å²) >= 11 is 6.04. The van der Waals surface area contributed by atoms with Crippen LogP contribution in [0.1, 0.15) is 57.8 Å². The minimum absolute atomic E-state index is 0.0172. The number of hydrogen-bond donors (Lipinski definition) is 1. The maximum Gasteiger partial charge on any atom is 0.214 e. The van der Waals surface area contributed by atoms with Gasteiger partial charge in [0.25, 0.3) is 0 Å². The van der Waals surface area contributed by atoms with E-state index in [1.54, 1.807) is 0 Å². The molecule has 0 bridgehead atoms. The van der Waals surface area contributed by atoms with Crippen LogP contribution in [-0.2, 0) is 10.0 Å². The largest absolute Gasteiger partial charge is 0.214 e. The Balaban J connectivity index is 1.91. The topological polar surface area (TPSA) is 46.2 Å². The fourth-order valence-electron chi connectivity index (χ4n) is 3.23. The van der Waals surface area contributed by atoms with Gasteiger partial charge in [-0.2, -0.15) is 0 Å². The van der Waals surface area contributed by atoms with Crippen LogP contribution < -0.4 is 4.72 Å². The zero-order valence-electron chi connectivity index (χ0n) is 11.0. The lowest BCUT2D eigenvalue weighted by Gasteiger charge is -2.29. The second-order valence-electron chi connectivity index (χ2n) is 5.97. The Bertz CT molecular complexity index is 357. The van der Waals surface area contributed by atoms with E-state index in [0.29, 0.717) is 12.4 Å². The fraction of sp³-hybridized carbons (Fsp3) is 1.00. The van der Waals surface area contributed by atoms with Crippen LogP contribution in [0.25, 0.3) is 0 Å². The highest BCUT2D eigenvalue weighted by molar-refractivity contribution is 7.90. The molecule has 5 heteroatoms. The lowest BCUT2D eigenvalue weighted by atomic mass is 9.89. The van der Waals surface area contributed by atoms with Gasteiger partial charge in [0.1, 0.15) is 0 Å². The van der Waals surface area contributed by atoms with E-state index in [1.807, 2.05) is 0 Å². The van der Waals surface area contributed by atoms with Gasteiger partial charge in [-0.25, -0.2) is 13.1 Å². The third-order valence-corrected chi connectivity index (χ3v) is 7.05. The molecule has 0 aromatic rings. The Morgan fingerprint density at radius 3 is 2.22 bits per heavy atom. The van der Waals surface area contributed by atoms with Crippen molar-refractivity contribution in [1.29, 1.82) is 0 Å². The first-order valence-electron chi connectivity index (χ1n) is 7.12. The molecule has 1 N–H and O–H groups in total. The molecule has 0 radical (unpaired) electrons. The van der Waals surface area contributed by atoms with Crippen molar-refractivity contribution in [3.63, 3.8) is 0 Å². The molecular formula is C13H24ClNO2S. The molecule has 2 fully saturated rings. The first-order valence-corrected chi connectivity index (χ1v) is 9.21. The van der Waals surface area contributed by atoms with Crippen LogP contribution >= 0.6 is 11.6 Å². The standard InChI is InChI=1S/C13H24ClNO2S/c14-10-13(8-4-5-9-13)11-15-18(16,17)12-6-2-1-3-7-12/h12,15H,1-11H2. The van der Waals surface area contributed by atoms with E-state index in [4.69, 9.17) is 11.6 Å². The molecule has 106 valence electrons. The predicted octanol–water partition coefficient (Wildman–Crippen LogP) is 3.04. The molecule has 0 aromatic carbocycles. The SMILES string of the molecule is O=S(=O)(NCC1(CCl)CCCC1)C1CCCCC1. The third kappa shape index (κ3) is 3.40. The first kappa shape index (κ1) is 14.6. The Labute approximate surface area is 116 Å². The molecule has 0 aliphatic heterocycles. The highest BCUT2D eigenvalue weighted by atomic mass is 35.5. The van der Waals surface area contributed by atoms with Crippen LogP contribution in [0.15, 0.2) is 0 Å². The summed E-state index contributed by atoms with van der Waals surface area (Å²) in [6.07, 6.45) is 9.39. The smallest absolute Gasteiger partial charge is 0.214 e. The van der Waals surface area contributed by atoms with Gasteiger partial charge in [-0.1, -0.05) is 32.1 Å². The van der Waals surface area contributed by atoms with E-state index < -0.39 is 10.0 Å². The molecule has 2 saturated carbocycles. The lowest BCUT2D eigenvalue weighted by Crippen LogP contribution is -2.42. The van der Waals surface area contributed by atoms with Crippen molar-refractivity contribution in [2.45, 2.75) is 63.0 Å². The van der Waals surface area contributed by atoms with Crippen molar-refractivity contribution in [2.75, 3.05) is 12.4 Å². The highest BCUT2D eigenvalue weighted by Crippen LogP contribution is 2.38. The van der Waals surface area contributed by atoms with E-state index in [9.17, 15) is 8.42 Å². The van der Waals surface area contributed by atoms with Crippen LogP contribution in [0, 0.1) is 5.41 Å². The van der Waals surface area contributed by atoms with Gasteiger partial charge in [-0.15, -0.1) is 11.6 Å². The molecule has 0 amide bonds. The summed E-state index contributed by atoms with van der Waals surface area (Å²) in [6.45, 7) is 0.537. The Kier molecular flexibility index (Phi) is 4.95. The van der Waals surface area contributed by atoms with Crippen LogP contribution in [0.5, 0.6) is 0 Å². The number of hydrogen-bond acceptors (Lipinski definition) is 2. The maximum absolute atomic E-state index is 12.2. The maximum atomic E-state index is 12.2. The molecule has 0 spiro atoms. The van der Waals surface area contributed by atoms with Crippen molar-refractivity contribution >= 4 is 21.6 Å². The zero-order valence-corrected chi connectivity index (χ0v) is 12.5. The number of rotatable bonds is 5. The van der Waals surface area contributed by atoms with Crippen LogP contribution in [-0.4, -0.2) is 26.1 Å². The summed E-state index contributed by atoms with van der Waals surface area (Å²) in [7, 11) is -3.13. The van der Waals surface area contributed by atoms with E-state index in [0.717, 1.165) is 38.5 Å². The van der Waals surface area contributed by atoms with Gasteiger partial charge in [0, 0.05) is 12.4 Å². The van der Waals surface area contributed by atoms with E-state index >= 15 is 0 Å². The van der Waals surface area contributed by atoms with Gasteiger partial charge >= 0.3 is 0 Å². The molecule has 2 rings (SSSR count). The van der Waals surface area contributed by atoms with Crippen LogP contribution in [0.4, 0.5) is 0 Å². The number of nitrogens with one attached hydrogen (secondary N) is 1. The highest BCUT2D eigenvalue weighted by Gasteiger charge is 2.35. The number of halogens is 1. The minimum atomic E-state index is -3.13. The normalized spacial score (nSPS) is 25.4. The molecule has 0 saturated heterocycles. The number of sulfonamides is 1. The molecule has 2 aliphatic carbocycles. The van der Waals surface area contributed by atoms with Gasteiger partial charge < -0.3 is 0 Å². The zero-order chi connectivity index (χ0) is 13.1. The van der Waals surface area contributed by atoms with Gasteiger partial charge in [0.15, 0.2) is 0 Å². The van der Waals surface area contributed by atoms with Gasteiger partial charge in [-0.3, -0.25) is 0 Å². The summed E-state index contributed by atoms with van der Waals surface area (Å²) in [5.41, 5.74) is 0.0172. The molecule has 18 heavy (non-hydrogen) atoms. The summed E-state index contributed by atoms with van der Waals surface area (Å²) in [6, 6.07) is 0. The second kappa shape index (κ2) is 6.10. The van der Waals surface area contributed by atoms with E-state index in [2.05, 4.69) is 4.72 Å². The van der Waals surface area contributed by atoms with Crippen LogP contribution in [0.2, 0.25) is 0 Å². The summed E-state index contributed by atoms with van der Waals surface area (Å²) in [5, 5.41) is -0.167. The molecule has 2 aliphatic rings. The predicted molar refractivity (Wildman–Crippen MR) is 75.4 cm³/mol.